The summed E-state index contributed by atoms with van der Waals surface area (Å²) in [6.07, 6.45) is 3.57. The highest BCUT2D eigenvalue weighted by Gasteiger charge is 2.37. The lowest BCUT2D eigenvalue weighted by Crippen LogP contribution is -2.51. The van der Waals surface area contributed by atoms with Crippen molar-refractivity contribution >= 4 is 0 Å². The molecule has 0 heterocycles. The maximum atomic E-state index is 13.3. The van der Waals surface area contributed by atoms with Crippen LogP contribution in [0.25, 0.3) is 0 Å². The summed E-state index contributed by atoms with van der Waals surface area (Å²) in [5.41, 5.74) is 0.707. The molecule has 2 nitrogen and oxygen atoms in total. The molecule has 124 valence electrons. The van der Waals surface area contributed by atoms with Gasteiger partial charge in [-0.15, -0.1) is 0 Å². The first kappa shape index (κ1) is 16.7. The maximum Gasteiger partial charge on any atom is 0.141 e. The van der Waals surface area contributed by atoms with Crippen molar-refractivity contribution in [3.05, 3.63) is 71.5 Å². The van der Waals surface area contributed by atoms with Crippen molar-refractivity contribution in [3.63, 3.8) is 0 Å². The van der Waals surface area contributed by atoms with Crippen molar-refractivity contribution in [2.75, 3.05) is 0 Å². The van der Waals surface area contributed by atoms with Crippen molar-refractivity contribution < 1.29 is 9.50 Å². The fourth-order valence-electron chi connectivity index (χ4n) is 3.16. The lowest BCUT2D eigenvalue weighted by Gasteiger charge is -2.36. The van der Waals surface area contributed by atoms with Crippen LogP contribution in [0.4, 0.5) is 4.39 Å². The molecule has 0 amide bonds. The summed E-state index contributed by atoms with van der Waals surface area (Å²) in [4.78, 5) is 0. The first-order valence-corrected chi connectivity index (χ1v) is 8.44. The van der Waals surface area contributed by atoms with Gasteiger partial charge in [-0.1, -0.05) is 54.7 Å². The zero-order valence-electron chi connectivity index (χ0n) is 13.6. The van der Waals surface area contributed by atoms with Crippen LogP contribution < -0.4 is 5.32 Å². The lowest BCUT2D eigenvalue weighted by atomic mass is 9.80. The highest BCUT2D eigenvalue weighted by atomic mass is 19.1. The van der Waals surface area contributed by atoms with Gasteiger partial charge in [-0.05, 0) is 43.0 Å². The third kappa shape index (κ3) is 4.23. The summed E-state index contributed by atoms with van der Waals surface area (Å²) in [6, 6.07) is 16.2. The number of hydrogen-bond donors (Lipinski definition) is 2. The Hall–Kier alpha value is -2.15. The molecule has 2 N–H and O–H groups in total. The van der Waals surface area contributed by atoms with E-state index in [1.807, 2.05) is 18.2 Å². The summed E-state index contributed by atoms with van der Waals surface area (Å²) in [6.45, 7) is 0.704. The zero-order chi connectivity index (χ0) is 16.8. The van der Waals surface area contributed by atoms with E-state index < -0.39 is 5.60 Å². The van der Waals surface area contributed by atoms with Gasteiger partial charge in [-0.2, -0.15) is 0 Å². The van der Waals surface area contributed by atoms with Crippen LogP contribution in [0.15, 0.2) is 54.6 Å². The molecule has 2 atom stereocenters. The van der Waals surface area contributed by atoms with E-state index in [1.165, 1.54) is 17.7 Å². The van der Waals surface area contributed by atoms with E-state index in [-0.39, 0.29) is 11.9 Å². The summed E-state index contributed by atoms with van der Waals surface area (Å²) < 4.78 is 13.3. The van der Waals surface area contributed by atoms with Crippen molar-refractivity contribution in [1.29, 1.82) is 0 Å². The van der Waals surface area contributed by atoms with Crippen LogP contribution in [0.5, 0.6) is 0 Å². The number of aliphatic hydroxyl groups is 1. The Bertz CT molecular complexity index is 734. The Kier molecular flexibility index (Phi) is 5.30. The summed E-state index contributed by atoms with van der Waals surface area (Å²) in [5, 5.41) is 14.5. The predicted octanol–water partition coefficient (Wildman–Crippen LogP) is 3.64. The monoisotopic (exact) mass is 323 g/mol. The molecule has 0 saturated heterocycles. The number of benzene rings is 2. The smallest absolute Gasteiger partial charge is 0.141 e. The minimum atomic E-state index is -1.07. The predicted molar refractivity (Wildman–Crippen MR) is 93.8 cm³/mol. The van der Waals surface area contributed by atoms with Crippen LogP contribution in [0.3, 0.4) is 0 Å². The van der Waals surface area contributed by atoms with Crippen molar-refractivity contribution in [2.24, 2.45) is 0 Å². The molecule has 2 aromatic rings. The summed E-state index contributed by atoms with van der Waals surface area (Å²) in [5.74, 6) is 5.64. The largest absolute Gasteiger partial charge is 0.376 e. The van der Waals surface area contributed by atoms with Crippen LogP contribution in [0.1, 0.15) is 36.8 Å². The van der Waals surface area contributed by atoms with Gasteiger partial charge in [-0.3, -0.25) is 0 Å². The molecule has 0 spiro atoms. The van der Waals surface area contributed by atoms with Crippen LogP contribution in [0.2, 0.25) is 0 Å². The quantitative estimate of drug-likeness (QED) is 0.845. The van der Waals surface area contributed by atoms with Gasteiger partial charge in [0.05, 0.1) is 0 Å². The molecule has 0 aliphatic heterocycles. The normalized spacial score (nSPS) is 23.3. The van der Waals surface area contributed by atoms with Gasteiger partial charge in [0.25, 0.3) is 0 Å². The molecule has 2 aromatic carbocycles. The maximum absolute atomic E-state index is 13.3. The number of nitrogens with one attached hydrogen (secondary N) is 1. The Labute approximate surface area is 142 Å². The standard InChI is InChI=1S/C21H22FNO/c22-19-10-6-9-17(15-19)12-14-21(24)13-5-4-11-20(21)23-16-18-7-2-1-3-8-18/h1-3,6-10,15,20,23-24H,4-5,11,13,16H2/t20-,21+/m0/s1. The van der Waals surface area contributed by atoms with E-state index >= 15 is 0 Å². The van der Waals surface area contributed by atoms with Gasteiger partial charge < -0.3 is 10.4 Å². The molecular formula is C21H22FNO. The Balaban J connectivity index is 1.73. The fourth-order valence-corrected chi connectivity index (χ4v) is 3.16. The van der Waals surface area contributed by atoms with Gasteiger partial charge in [0, 0.05) is 18.2 Å². The molecule has 0 aromatic heterocycles. The van der Waals surface area contributed by atoms with Crippen LogP contribution in [0, 0.1) is 17.7 Å². The second-order valence-corrected chi connectivity index (χ2v) is 6.35. The Morgan fingerprint density at radius 2 is 1.96 bits per heavy atom. The lowest BCUT2D eigenvalue weighted by molar-refractivity contribution is 0.0254. The van der Waals surface area contributed by atoms with E-state index in [2.05, 4.69) is 29.3 Å². The molecule has 3 heteroatoms. The Morgan fingerprint density at radius 1 is 1.12 bits per heavy atom. The molecular weight excluding hydrogens is 301 g/mol. The third-order valence-corrected chi connectivity index (χ3v) is 4.52. The SMILES string of the molecule is O[C@@]1(C#Cc2cccc(F)c2)CCCC[C@@H]1NCc1ccccc1. The van der Waals surface area contributed by atoms with Crippen LogP contribution in [-0.2, 0) is 6.54 Å². The van der Waals surface area contributed by atoms with Gasteiger partial charge in [0.15, 0.2) is 0 Å². The average Bonchev–Trinajstić information content (AvgIpc) is 2.60. The molecule has 0 unspecified atom stereocenters. The Morgan fingerprint density at radius 3 is 2.75 bits per heavy atom. The van der Waals surface area contributed by atoms with Gasteiger partial charge >= 0.3 is 0 Å². The van der Waals surface area contributed by atoms with Crippen LogP contribution >= 0.6 is 0 Å². The number of rotatable bonds is 3. The highest BCUT2D eigenvalue weighted by molar-refractivity contribution is 5.37. The first-order valence-electron chi connectivity index (χ1n) is 8.44. The zero-order valence-corrected chi connectivity index (χ0v) is 13.6. The first-order chi connectivity index (χ1) is 11.7. The van der Waals surface area contributed by atoms with Crippen molar-refractivity contribution in [3.8, 4) is 11.8 Å². The average molecular weight is 323 g/mol. The molecule has 1 aliphatic rings. The molecule has 1 fully saturated rings. The summed E-state index contributed by atoms with van der Waals surface area (Å²) in [7, 11) is 0. The molecule has 1 aliphatic carbocycles. The topological polar surface area (TPSA) is 32.3 Å². The van der Waals surface area contributed by atoms with Crippen LogP contribution in [-0.4, -0.2) is 16.7 Å². The van der Waals surface area contributed by atoms with E-state index in [9.17, 15) is 9.50 Å². The summed E-state index contributed by atoms with van der Waals surface area (Å²) >= 11 is 0. The molecule has 0 bridgehead atoms. The fraction of sp³-hybridized carbons (Fsp3) is 0.333. The van der Waals surface area contributed by atoms with E-state index in [0.29, 0.717) is 18.5 Å². The number of hydrogen-bond acceptors (Lipinski definition) is 2. The molecule has 3 rings (SSSR count). The second kappa shape index (κ2) is 7.61. The van der Waals surface area contributed by atoms with E-state index in [1.54, 1.807) is 12.1 Å². The third-order valence-electron chi connectivity index (χ3n) is 4.52. The number of halogens is 1. The van der Waals surface area contributed by atoms with Crippen molar-refractivity contribution in [2.45, 2.75) is 43.9 Å². The molecule has 24 heavy (non-hydrogen) atoms. The molecule has 0 radical (unpaired) electrons. The molecule has 1 saturated carbocycles. The van der Waals surface area contributed by atoms with E-state index in [0.717, 1.165) is 19.3 Å². The minimum absolute atomic E-state index is 0.0764. The second-order valence-electron chi connectivity index (χ2n) is 6.35. The van der Waals surface area contributed by atoms with Gasteiger partial charge in [0.2, 0.25) is 0 Å². The van der Waals surface area contributed by atoms with Gasteiger partial charge in [-0.25, -0.2) is 4.39 Å². The minimum Gasteiger partial charge on any atom is -0.376 e. The van der Waals surface area contributed by atoms with Gasteiger partial charge in [0.1, 0.15) is 11.4 Å². The highest BCUT2D eigenvalue weighted by Crippen LogP contribution is 2.28. The van der Waals surface area contributed by atoms with E-state index in [4.69, 9.17) is 0 Å². The van der Waals surface area contributed by atoms with Crippen molar-refractivity contribution in [1.82, 2.24) is 5.32 Å².